The van der Waals surface area contributed by atoms with E-state index in [4.69, 9.17) is 0 Å². The fourth-order valence-corrected chi connectivity index (χ4v) is 0.753. The summed E-state index contributed by atoms with van der Waals surface area (Å²) in [7, 11) is 0. The quantitative estimate of drug-likeness (QED) is 0.381. The molecule has 1 aliphatic carbocycles. The van der Waals surface area contributed by atoms with E-state index in [2.05, 4.69) is 11.7 Å². The molecule has 1 rings (SSSR count). The third-order valence-corrected chi connectivity index (χ3v) is 1.66. The average molecular weight is 137 g/mol. The molecule has 0 aromatic rings. The first-order valence-corrected chi connectivity index (χ1v) is 2.86. The van der Waals surface area contributed by atoms with Crippen LogP contribution in [0.15, 0.2) is 17.1 Å². The van der Waals surface area contributed by atoms with Crippen LogP contribution < -0.4 is 0 Å². The number of carbonyl (C=O) groups is 2. The van der Waals surface area contributed by atoms with Crippen LogP contribution >= 0.6 is 0 Å². The Morgan fingerprint density at radius 1 is 1.40 bits per heavy atom. The first-order chi connectivity index (χ1) is 4.61. The number of ketones is 2. The van der Waals surface area contributed by atoms with Gasteiger partial charge in [0.1, 0.15) is 0 Å². The van der Waals surface area contributed by atoms with Crippen molar-refractivity contribution in [3.05, 3.63) is 12.2 Å². The molecule has 0 amide bonds. The Morgan fingerprint density at radius 3 is 2.00 bits per heavy atom. The Hall–Kier alpha value is -1.25. The molecule has 0 aromatic carbocycles. The molecule has 0 fully saturated rings. The second-order valence-corrected chi connectivity index (χ2v) is 2.29. The minimum Gasteiger partial charge on any atom is -0.292 e. The van der Waals surface area contributed by atoms with E-state index in [9.17, 15) is 9.59 Å². The number of hydrogen-bond donors (Lipinski definition) is 0. The van der Waals surface area contributed by atoms with Crippen molar-refractivity contribution in [2.75, 3.05) is 0 Å². The summed E-state index contributed by atoms with van der Waals surface area (Å²) >= 11 is 0. The molecular weight excluding hydrogens is 130 g/mol. The maximum Gasteiger partial charge on any atom is 0.190 e. The lowest BCUT2D eigenvalue weighted by molar-refractivity contribution is -0.126. The van der Waals surface area contributed by atoms with E-state index in [1.165, 1.54) is 19.1 Å². The zero-order chi connectivity index (χ0) is 7.78. The highest BCUT2D eigenvalue weighted by molar-refractivity contribution is 6.26. The van der Waals surface area contributed by atoms with Crippen molar-refractivity contribution in [2.45, 2.75) is 12.5 Å². The van der Waals surface area contributed by atoms with Gasteiger partial charge >= 0.3 is 0 Å². The summed E-state index contributed by atoms with van der Waals surface area (Å²) in [5, 5.41) is 0. The molecule has 52 valence electrons. The fraction of sp³-hybridized carbons (Fsp3) is 0.286. The van der Waals surface area contributed by atoms with Gasteiger partial charge in [-0.15, -0.1) is 0 Å². The van der Waals surface area contributed by atoms with Crippen LogP contribution in [0.1, 0.15) is 6.92 Å². The Balaban J connectivity index is 3.10. The van der Waals surface area contributed by atoms with E-state index in [0.717, 1.165) is 0 Å². The van der Waals surface area contributed by atoms with Gasteiger partial charge in [0.15, 0.2) is 17.1 Å². The number of rotatable bonds is 1. The van der Waals surface area contributed by atoms with E-state index in [-0.39, 0.29) is 11.6 Å². The van der Waals surface area contributed by atoms with Crippen molar-refractivity contribution < 1.29 is 9.59 Å². The minimum atomic E-state index is -1.22. The third-order valence-electron chi connectivity index (χ3n) is 1.66. The maximum absolute atomic E-state index is 10.9. The zero-order valence-electron chi connectivity index (χ0n) is 5.63. The van der Waals surface area contributed by atoms with Crippen molar-refractivity contribution >= 4 is 18.3 Å². The molecule has 0 saturated carbocycles. The maximum atomic E-state index is 10.9. The Morgan fingerprint density at radius 2 is 1.80 bits per heavy atom. The molecule has 3 nitrogen and oxygen atoms in total. The Labute approximate surface area is 58.5 Å². The minimum absolute atomic E-state index is 0.285. The summed E-state index contributed by atoms with van der Waals surface area (Å²) in [5.41, 5.74) is -1.22. The van der Waals surface area contributed by atoms with Crippen LogP contribution in [0.25, 0.3) is 0 Å². The van der Waals surface area contributed by atoms with E-state index in [0.29, 0.717) is 0 Å². The Kier molecular flexibility index (Phi) is 1.28. The van der Waals surface area contributed by atoms with E-state index >= 15 is 0 Å². The molecule has 0 bridgehead atoms. The van der Waals surface area contributed by atoms with Crippen LogP contribution in [0.5, 0.6) is 0 Å². The van der Waals surface area contributed by atoms with Gasteiger partial charge < -0.3 is 0 Å². The summed E-state index contributed by atoms with van der Waals surface area (Å²) < 4.78 is 0. The standard InChI is InChI=1S/C7H7NO2/c1-7(8-2)5(9)3-4-6(7)10/h3-4H,2H2,1H3. The van der Waals surface area contributed by atoms with Gasteiger partial charge in [-0.05, 0) is 25.8 Å². The average Bonchev–Trinajstić information content (AvgIpc) is 2.18. The van der Waals surface area contributed by atoms with Crippen molar-refractivity contribution in [1.82, 2.24) is 0 Å². The largest absolute Gasteiger partial charge is 0.292 e. The van der Waals surface area contributed by atoms with Gasteiger partial charge in [0, 0.05) is 0 Å². The summed E-state index contributed by atoms with van der Waals surface area (Å²) in [4.78, 5) is 25.3. The van der Waals surface area contributed by atoms with Crippen molar-refractivity contribution in [2.24, 2.45) is 4.99 Å². The SMILES string of the molecule is C=NC1(C)C(=O)C=CC1=O. The van der Waals surface area contributed by atoms with Gasteiger partial charge in [0.2, 0.25) is 0 Å². The molecule has 0 aromatic heterocycles. The molecule has 1 aliphatic rings. The second-order valence-electron chi connectivity index (χ2n) is 2.29. The molecule has 0 spiro atoms. The van der Waals surface area contributed by atoms with Crippen molar-refractivity contribution in [3.8, 4) is 0 Å². The molecular formula is C7H7NO2. The highest BCUT2D eigenvalue weighted by Crippen LogP contribution is 2.19. The van der Waals surface area contributed by atoms with Gasteiger partial charge in [-0.25, -0.2) is 0 Å². The highest BCUT2D eigenvalue weighted by atomic mass is 16.2. The lowest BCUT2D eigenvalue weighted by atomic mass is 9.99. The van der Waals surface area contributed by atoms with Crippen LogP contribution in [0, 0.1) is 0 Å². The lowest BCUT2D eigenvalue weighted by Gasteiger charge is -2.11. The van der Waals surface area contributed by atoms with Gasteiger partial charge in [-0.1, -0.05) is 0 Å². The normalized spacial score (nSPS) is 21.7. The van der Waals surface area contributed by atoms with Crippen LogP contribution in [0.4, 0.5) is 0 Å². The highest BCUT2D eigenvalue weighted by Gasteiger charge is 2.40. The second kappa shape index (κ2) is 1.87. The third kappa shape index (κ3) is 0.635. The van der Waals surface area contributed by atoms with Gasteiger partial charge in [-0.2, -0.15) is 0 Å². The van der Waals surface area contributed by atoms with Crippen LogP contribution in [-0.4, -0.2) is 23.8 Å². The van der Waals surface area contributed by atoms with Crippen LogP contribution in [0.3, 0.4) is 0 Å². The molecule has 0 atom stereocenters. The number of carbonyl (C=O) groups excluding carboxylic acids is 2. The first kappa shape index (κ1) is 6.86. The zero-order valence-corrected chi connectivity index (χ0v) is 5.63. The summed E-state index contributed by atoms with van der Waals surface area (Å²) in [6.45, 7) is 4.65. The molecule has 10 heavy (non-hydrogen) atoms. The molecule has 0 N–H and O–H groups in total. The van der Waals surface area contributed by atoms with E-state index < -0.39 is 5.54 Å². The number of hydrogen-bond acceptors (Lipinski definition) is 3. The van der Waals surface area contributed by atoms with Crippen LogP contribution in [0.2, 0.25) is 0 Å². The topological polar surface area (TPSA) is 46.5 Å². The molecule has 0 aliphatic heterocycles. The monoisotopic (exact) mass is 137 g/mol. The first-order valence-electron chi connectivity index (χ1n) is 2.86. The molecule has 0 saturated heterocycles. The van der Waals surface area contributed by atoms with Crippen LogP contribution in [-0.2, 0) is 9.59 Å². The van der Waals surface area contributed by atoms with Gasteiger partial charge in [0.25, 0.3) is 0 Å². The van der Waals surface area contributed by atoms with Gasteiger partial charge in [-0.3, -0.25) is 14.6 Å². The van der Waals surface area contributed by atoms with Gasteiger partial charge in [0.05, 0.1) is 0 Å². The Bertz CT molecular complexity index is 222. The van der Waals surface area contributed by atoms with E-state index in [1.807, 2.05) is 0 Å². The predicted molar refractivity (Wildman–Crippen MR) is 37.1 cm³/mol. The number of aliphatic imine (C=N–C) groups is 1. The smallest absolute Gasteiger partial charge is 0.190 e. The van der Waals surface area contributed by atoms with Crippen molar-refractivity contribution in [1.29, 1.82) is 0 Å². The summed E-state index contributed by atoms with van der Waals surface area (Å²) in [6.07, 6.45) is 2.47. The number of nitrogens with zero attached hydrogens (tertiary/aromatic N) is 1. The van der Waals surface area contributed by atoms with Crippen molar-refractivity contribution in [3.63, 3.8) is 0 Å². The molecule has 0 heterocycles. The molecule has 0 unspecified atom stereocenters. The lowest BCUT2D eigenvalue weighted by Crippen LogP contribution is -2.35. The summed E-state index contributed by atoms with van der Waals surface area (Å²) in [6, 6.07) is 0. The molecule has 0 radical (unpaired) electrons. The van der Waals surface area contributed by atoms with E-state index in [1.54, 1.807) is 0 Å². The molecule has 3 heteroatoms. The summed E-state index contributed by atoms with van der Waals surface area (Å²) in [5.74, 6) is -0.569. The predicted octanol–water partition coefficient (Wildman–Crippen LogP) is 0.154. The fourth-order valence-electron chi connectivity index (χ4n) is 0.753.